The quantitative estimate of drug-likeness (QED) is 0.812. The summed E-state index contributed by atoms with van der Waals surface area (Å²) in [5, 5.41) is 1.13. The van der Waals surface area contributed by atoms with E-state index in [0.29, 0.717) is 6.04 Å². The number of hydrogen-bond acceptors (Lipinski definition) is 4. The number of para-hydroxylation sites is 1. The van der Waals surface area contributed by atoms with E-state index in [2.05, 4.69) is 17.9 Å². The number of rotatable bonds is 3. The number of carbonyl (C=O) groups excluding carboxylic acids is 1. The molecule has 0 spiro atoms. The summed E-state index contributed by atoms with van der Waals surface area (Å²) in [6.07, 6.45) is 3.93. The van der Waals surface area contributed by atoms with Gasteiger partial charge in [-0.3, -0.25) is 9.78 Å². The fourth-order valence-electron chi connectivity index (χ4n) is 3.54. The van der Waals surface area contributed by atoms with Gasteiger partial charge in [0.1, 0.15) is 0 Å². The molecule has 1 aromatic heterocycles. The number of nitrogens with zero attached hydrogens (tertiary/aromatic N) is 2. The number of fused-ring (bicyclic) bond motifs is 1. The SMILES string of the molecule is COC(=O)Cc1c(C)nc2ccccc2c1N1CCCCC1C. The van der Waals surface area contributed by atoms with Gasteiger partial charge in [0.15, 0.2) is 0 Å². The molecule has 0 N–H and O–H groups in total. The van der Waals surface area contributed by atoms with Gasteiger partial charge in [0.25, 0.3) is 0 Å². The zero-order valence-corrected chi connectivity index (χ0v) is 14.1. The molecule has 0 bridgehead atoms. The van der Waals surface area contributed by atoms with Gasteiger partial charge in [-0.2, -0.15) is 0 Å². The van der Waals surface area contributed by atoms with Crippen molar-refractivity contribution in [2.75, 3.05) is 18.6 Å². The molecule has 1 fully saturated rings. The first kappa shape index (κ1) is 15.8. The molecule has 2 aromatic rings. The van der Waals surface area contributed by atoms with Gasteiger partial charge in [-0.1, -0.05) is 18.2 Å². The van der Waals surface area contributed by atoms with Crippen LogP contribution in [0.15, 0.2) is 24.3 Å². The minimum absolute atomic E-state index is 0.212. The molecule has 1 atom stereocenters. The van der Waals surface area contributed by atoms with Crippen LogP contribution in [0.5, 0.6) is 0 Å². The molecule has 23 heavy (non-hydrogen) atoms. The van der Waals surface area contributed by atoms with Crippen molar-refractivity contribution >= 4 is 22.6 Å². The average Bonchev–Trinajstić information content (AvgIpc) is 2.56. The van der Waals surface area contributed by atoms with E-state index >= 15 is 0 Å². The van der Waals surface area contributed by atoms with E-state index < -0.39 is 0 Å². The maximum atomic E-state index is 11.9. The number of esters is 1. The van der Waals surface area contributed by atoms with E-state index in [1.807, 2.05) is 25.1 Å². The van der Waals surface area contributed by atoms with Crippen molar-refractivity contribution in [1.82, 2.24) is 4.98 Å². The van der Waals surface area contributed by atoms with Crippen LogP contribution in [0.3, 0.4) is 0 Å². The number of anilines is 1. The lowest BCUT2D eigenvalue weighted by atomic mass is 9.97. The highest BCUT2D eigenvalue weighted by atomic mass is 16.5. The van der Waals surface area contributed by atoms with Crippen molar-refractivity contribution in [3.63, 3.8) is 0 Å². The third-order valence-corrected chi connectivity index (χ3v) is 4.81. The zero-order valence-electron chi connectivity index (χ0n) is 14.1. The lowest BCUT2D eigenvalue weighted by molar-refractivity contribution is -0.139. The standard InChI is InChI=1S/C19H24N2O2/c1-13-8-6-7-11-21(13)19-15-9-4-5-10-17(15)20-14(2)16(19)12-18(22)23-3/h4-5,9-10,13H,6-8,11-12H2,1-3H3. The van der Waals surface area contributed by atoms with Crippen LogP contribution >= 0.6 is 0 Å². The number of benzene rings is 1. The van der Waals surface area contributed by atoms with Gasteiger partial charge in [0.05, 0.1) is 24.7 Å². The lowest BCUT2D eigenvalue weighted by Crippen LogP contribution is -2.38. The largest absolute Gasteiger partial charge is 0.469 e. The predicted molar refractivity (Wildman–Crippen MR) is 92.9 cm³/mol. The molecule has 0 amide bonds. The minimum Gasteiger partial charge on any atom is -0.469 e. The normalized spacial score (nSPS) is 18.2. The third kappa shape index (κ3) is 3.03. The predicted octanol–water partition coefficient (Wildman–Crippen LogP) is 3.64. The van der Waals surface area contributed by atoms with Crippen LogP contribution in [0.1, 0.15) is 37.4 Å². The zero-order chi connectivity index (χ0) is 16.4. The molecule has 2 heterocycles. The number of aromatic nitrogens is 1. The molecule has 4 nitrogen and oxygen atoms in total. The maximum absolute atomic E-state index is 11.9. The molecule has 1 aliphatic rings. The molecule has 0 radical (unpaired) electrons. The van der Waals surface area contributed by atoms with Gasteiger partial charge in [0.2, 0.25) is 0 Å². The first-order valence-corrected chi connectivity index (χ1v) is 8.33. The highest BCUT2D eigenvalue weighted by Crippen LogP contribution is 2.36. The van der Waals surface area contributed by atoms with E-state index in [4.69, 9.17) is 9.72 Å². The summed E-state index contributed by atoms with van der Waals surface area (Å²) in [5.41, 5.74) is 4.09. The molecule has 1 unspecified atom stereocenters. The molecular formula is C19H24N2O2. The van der Waals surface area contributed by atoms with E-state index in [1.54, 1.807) is 0 Å². The van der Waals surface area contributed by atoms with E-state index in [1.165, 1.54) is 32.1 Å². The van der Waals surface area contributed by atoms with Crippen LogP contribution in [0.2, 0.25) is 0 Å². The highest BCUT2D eigenvalue weighted by Gasteiger charge is 2.25. The van der Waals surface area contributed by atoms with Crippen molar-refractivity contribution in [3.8, 4) is 0 Å². The Morgan fingerprint density at radius 3 is 2.87 bits per heavy atom. The summed E-state index contributed by atoms with van der Waals surface area (Å²) in [7, 11) is 1.44. The van der Waals surface area contributed by atoms with Crippen molar-refractivity contribution < 1.29 is 9.53 Å². The Balaban J connectivity index is 2.21. The molecule has 1 saturated heterocycles. The maximum Gasteiger partial charge on any atom is 0.310 e. The van der Waals surface area contributed by atoms with Crippen LogP contribution in [-0.4, -0.2) is 30.6 Å². The summed E-state index contributed by atoms with van der Waals surface area (Å²) in [5.74, 6) is -0.212. The Labute approximate surface area is 137 Å². The van der Waals surface area contributed by atoms with Crippen LogP contribution in [0.25, 0.3) is 10.9 Å². The molecule has 0 saturated carbocycles. The fourth-order valence-corrected chi connectivity index (χ4v) is 3.54. The van der Waals surface area contributed by atoms with E-state index in [-0.39, 0.29) is 12.4 Å². The van der Waals surface area contributed by atoms with Crippen LogP contribution in [-0.2, 0) is 16.0 Å². The van der Waals surface area contributed by atoms with E-state index in [0.717, 1.165) is 28.7 Å². The summed E-state index contributed by atoms with van der Waals surface area (Å²) >= 11 is 0. The van der Waals surface area contributed by atoms with Crippen molar-refractivity contribution in [2.45, 2.75) is 45.6 Å². The smallest absolute Gasteiger partial charge is 0.310 e. The summed E-state index contributed by atoms with van der Waals surface area (Å²) in [6.45, 7) is 5.29. The summed E-state index contributed by atoms with van der Waals surface area (Å²) in [4.78, 5) is 19.1. The van der Waals surface area contributed by atoms with Crippen molar-refractivity contribution in [3.05, 3.63) is 35.5 Å². The first-order valence-electron chi connectivity index (χ1n) is 8.33. The van der Waals surface area contributed by atoms with Crippen molar-refractivity contribution in [1.29, 1.82) is 0 Å². The van der Waals surface area contributed by atoms with Gasteiger partial charge >= 0.3 is 5.97 Å². The molecule has 122 valence electrons. The molecule has 1 aliphatic heterocycles. The van der Waals surface area contributed by atoms with Gasteiger partial charge in [-0.05, 0) is 39.2 Å². The van der Waals surface area contributed by atoms with Crippen LogP contribution < -0.4 is 4.90 Å². The van der Waals surface area contributed by atoms with Crippen LogP contribution in [0.4, 0.5) is 5.69 Å². The van der Waals surface area contributed by atoms with Gasteiger partial charge < -0.3 is 9.64 Å². The van der Waals surface area contributed by atoms with Gasteiger partial charge in [0, 0.05) is 29.2 Å². The number of hydrogen-bond donors (Lipinski definition) is 0. The number of piperidine rings is 1. The lowest BCUT2D eigenvalue weighted by Gasteiger charge is -2.37. The number of pyridine rings is 1. The molecule has 0 aliphatic carbocycles. The number of aryl methyl sites for hydroxylation is 1. The van der Waals surface area contributed by atoms with Gasteiger partial charge in [-0.15, -0.1) is 0 Å². The topological polar surface area (TPSA) is 42.4 Å². The molecule has 3 rings (SSSR count). The average molecular weight is 312 g/mol. The minimum atomic E-state index is -0.212. The Hall–Kier alpha value is -2.10. The highest BCUT2D eigenvalue weighted by molar-refractivity contribution is 5.95. The Kier molecular flexibility index (Phi) is 4.51. The number of carbonyl (C=O) groups is 1. The number of methoxy groups -OCH3 is 1. The molecule has 4 heteroatoms. The summed E-state index contributed by atoms with van der Waals surface area (Å²) in [6, 6.07) is 8.68. The van der Waals surface area contributed by atoms with Crippen LogP contribution in [0, 0.1) is 6.92 Å². The fraction of sp³-hybridized carbons (Fsp3) is 0.474. The Bertz CT molecular complexity index is 727. The van der Waals surface area contributed by atoms with E-state index in [9.17, 15) is 4.79 Å². The second-order valence-corrected chi connectivity index (χ2v) is 6.33. The number of ether oxygens (including phenoxy) is 1. The Morgan fingerprint density at radius 1 is 1.35 bits per heavy atom. The summed E-state index contributed by atoms with van der Waals surface area (Å²) < 4.78 is 4.91. The molecule has 1 aromatic carbocycles. The molecular weight excluding hydrogens is 288 g/mol. The monoisotopic (exact) mass is 312 g/mol. The van der Waals surface area contributed by atoms with Gasteiger partial charge in [-0.25, -0.2) is 0 Å². The third-order valence-electron chi connectivity index (χ3n) is 4.81. The van der Waals surface area contributed by atoms with Crippen molar-refractivity contribution in [2.24, 2.45) is 0 Å². The Morgan fingerprint density at radius 2 is 2.13 bits per heavy atom. The second-order valence-electron chi connectivity index (χ2n) is 6.33. The first-order chi connectivity index (χ1) is 11.1. The second kappa shape index (κ2) is 6.57.